The molecule has 3 aliphatic rings. The molecule has 0 bridgehead atoms. The summed E-state index contributed by atoms with van der Waals surface area (Å²) in [4.78, 5) is 45.9. The molecule has 10 heteroatoms. The van der Waals surface area contributed by atoms with Crippen LogP contribution >= 0.6 is 0 Å². The Labute approximate surface area is 246 Å². The minimum Gasteiger partial charge on any atom is -0.444 e. The number of rotatable bonds is 8. The largest absolute Gasteiger partial charge is 0.444 e. The second kappa shape index (κ2) is 14.1. The van der Waals surface area contributed by atoms with Crippen LogP contribution in [-0.2, 0) is 19.1 Å². The lowest BCUT2D eigenvalue weighted by molar-refractivity contribution is -0.128. The zero-order valence-corrected chi connectivity index (χ0v) is 24.3. The summed E-state index contributed by atoms with van der Waals surface area (Å²) < 4.78 is 25.4. The van der Waals surface area contributed by atoms with Crippen LogP contribution in [0, 0.1) is 12.7 Å². The number of halogens is 1. The number of anilines is 1. The van der Waals surface area contributed by atoms with Crippen molar-refractivity contribution in [2.45, 2.75) is 63.6 Å². The number of carbonyl (C=O) groups is 3. The zero-order chi connectivity index (χ0) is 29.5. The quantitative estimate of drug-likeness (QED) is 0.504. The van der Waals surface area contributed by atoms with Crippen LogP contribution in [0.4, 0.5) is 14.9 Å². The molecule has 2 saturated heterocycles. The third-order valence-corrected chi connectivity index (χ3v) is 8.44. The topological polar surface area (TPSA) is 91.4 Å². The van der Waals surface area contributed by atoms with E-state index >= 15 is 0 Å². The molecule has 3 fully saturated rings. The maximum atomic E-state index is 14.5. The lowest BCUT2D eigenvalue weighted by Gasteiger charge is -2.37. The van der Waals surface area contributed by atoms with Crippen LogP contribution in [0.5, 0.6) is 0 Å². The van der Waals surface area contributed by atoms with Gasteiger partial charge in [0, 0.05) is 44.3 Å². The van der Waals surface area contributed by atoms with Crippen LogP contribution in [0.1, 0.15) is 55.7 Å². The molecule has 1 N–H and O–H groups in total. The SMILES string of the molecule is Cc1ccccc1C(C(=O)NC1CCCCC1)N(C(=O)CN1CCN(C(=O)O[C@H]2CCOC2)CC1)c1cccc(F)c1. The lowest BCUT2D eigenvalue weighted by atomic mass is 9.93. The Morgan fingerprint density at radius 3 is 2.48 bits per heavy atom. The van der Waals surface area contributed by atoms with Crippen molar-refractivity contribution in [3.05, 3.63) is 65.5 Å². The highest BCUT2D eigenvalue weighted by molar-refractivity contribution is 6.02. The Hall–Kier alpha value is -3.50. The summed E-state index contributed by atoms with van der Waals surface area (Å²) in [6.07, 6.45) is 5.20. The van der Waals surface area contributed by atoms with Crippen molar-refractivity contribution in [2.75, 3.05) is 50.8 Å². The minimum atomic E-state index is -0.965. The normalized spacial score (nSPS) is 20.6. The number of carbonyl (C=O) groups excluding carboxylic acids is 3. The third-order valence-electron chi connectivity index (χ3n) is 8.44. The number of piperazine rings is 1. The number of ether oxygens (including phenoxy) is 2. The molecule has 0 aromatic heterocycles. The molecule has 0 radical (unpaired) electrons. The van der Waals surface area contributed by atoms with Crippen molar-refractivity contribution in [3.63, 3.8) is 0 Å². The Morgan fingerprint density at radius 1 is 1.02 bits per heavy atom. The highest BCUT2D eigenvalue weighted by Crippen LogP contribution is 2.31. The minimum absolute atomic E-state index is 0.0228. The molecule has 1 aliphatic carbocycles. The van der Waals surface area contributed by atoms with Crippen molar-refractivity contribution in [1.29, 1.82) is 0 Å². The first kappa shape index (κ1) is 30.0. The number of nitrogens with one attached hydrogen (secondary N) is 1. The van der Waals surface area contributed by atoms with Gasteiger partial charge in [0.2, 0.25) is 11.8 Å². The molecule has 1 saturated carbocycles. The van der Waals surface area contributed by atoms with Crippen LogP contribution in [0.2, 0.25) is 0 Å². The van der Waals surface area contributed by atoms with Crippen LogP contribution in [-0.4, -0.2) is 85.8 Å². The molecule has 1 unspecified atom stereocenters. The van der Waals surface area contributed by atoms with E-state index in [2.05, 4.69) is 5.32 Å². The molecular formula is C32H41FN4O5. The van der Waals surface area contributed by atoms with E-state index in [1.165, 1.54) is 17.0 Å². The van der Waals surface area contributed by atoms with E-state index in [0.29, 0.717) is 57.1 Å². The van der Waals surface area contributed by atoms with Gasteiger partial charge >= 0.3 is 6.09 Å². The second-order valence-corrected chi connectivity index (χ2v) is 11.5. The van der Waals surface area contributed by atoms with Crippen molar-refractivity contribution in [1.82, 2.24) is 15.1 Å². The van der Waals surface area contributed by atoms with E-state index in [9.17, 15) is 18.8 Å². The molecule has 0 spiro atoms. The van der Waals surface area contributed by atoms with Crippen molar-refractivity contribution >= 4 is 23.6 Å². The molecule has 2 atom stereocenters. The van der Waals surface area contributed by atoms with Crippen LogP contribution < -0.4 is 10.2 Å². The third kappa shape index (κ3) is 7.46. The van der Waals surface area contributed by atoms with E-state index in [-0.39, 0.29) is 36.6 Å². The first-order valence-electron chi connectivity index (χ1n) is 15.1. The van der Waals surface area contributed by atoms with Gasteiger partial charge in [0.1, 0.15) is 18.0 Å². The summed E-state index contributed by atoms with van der Waals surface area (Å²) in [6.45, 7) is 4.75. The van der Waals surface area contributed by atoms with E-state index in [4.69, 9.17) is 9.47 Å². The van der Waals surface area contributed by atoms with Gasteiger partial charge < -0.3 is 19.7 Å². The number of benzene rings is 2. The predicted octanol–water partition coefficient (Wildman–Crippen LogP) is 4.20. The number of hydrogen-bond donors (Lipinski definition) is 1. The van der Waals surface area contributed by atoms with Crippen LogP contribution in [0.25, 0.3) is 0 Å². The summed E-state index contributed by atoms with van der Waals surface area (Å²) in [5, 5.41) is 3.21. The number of hydrogen-bond acceptors (Lipinski definition) is 6. The molecule has 2 aliphatic heterocycles. The Morgan fingerprint density at radius 2 is 1.79 bits per heavy atom. The van der Waals surface area contributed by atoms with Crippen LogP contribution in [0.15, 0.2) is 48.5 Å². The van der Waals surface area contributed by atoms with Crippen molar-refractivity contribution in [3.8, 4) is 0 Å². The average molecular weight is 581 g/mol. The molecule has 2 aromatic rings. The highest BCUT2D eigenvalue weighted by Gasteiger charge is 2.36. The Balaban J connectivity index is 1.35. The van der Waals surface area contributed by atoms with E-state index in [0.717, 1.165) is 37.7 Å². The highest BCUT2D eigenvalue weighted by atomic mass is 19.1. The molecule has 3 amide bonds. The second-order valence-electron chi connectivity index (χ2n) is 11.5. The molecule has 2 heterocycles. The van der Waals surface area contributed by atoms with Gasteiger partial charge in [-0.2, -0.15) is 0 Å². The Bertz CT molecular complexity index is 1240. The standard InChI is InChI=1S/C32H41FN4O5/c1-23-8-5-6-13-28(23)30(31(39)34-25-10-3-2-4-11-25)37(26-12-7-9-24(33)20-26)29(38)21-35-15-17-36(18-16-35)32(40)42-27-14-19-41-22-27/h5-9,12-13,20,25,27,30H,2-4,10-11,14-19,21-22H2,1H3,(H,34,39)/t27-,30?/m0/s1. The number of aryl methyl sites for hydroxylation is 1. The number of nitrogens with zero attached hydrogens (tertiary/aromatic N) is 3. The monoisotopic (exact) mass is 580 g/mol. The molecular weight excluding hydrogens is 539 g/mol. The zero-order valence-electron chi connectivity index (χ0n) is 24.3. The van der Waals surface area contributed by atoms with Gasteiger partial charge in [0.25, 0.3) is 0 Å². The predicted molar refractivity (Wildman–Crippen MR) is 157 cm³/mol. The molecule has 42 heavy (non-hydrogen) atoms. The van der Waals surface area contributed by atoms with Gasteiger partial charge in [0.15, 0.2) is 0 Å². The van der Waals surface area contributed by atoms with E-state index in [1.54, 1.807) is 17.0 Å². The fraction of sp³-hybridized carbons (Fsp3) is 0.531. The van der Waals surface area contributed by atoms with Crippen molar-refractivity contribution < 1.29 is 28.2 Å². The smallest absolute Gasteiger partial charge is 0.410 e. The van der Waals surface area contributed by atoms with Crippen molar-refractivity contribution in [2.24, 2.45) is 0 Å². The average Bonchev–Trinajstić information content (AvgIpc) is 3.50. The van der Waals surface area contributed by atoms with Crippen LogP contribution in [0.3, 0.4) is 0 Å². The Kier molecular flexibility index (Phi) is 10.1. The van der Waals surface area contributed by atoms with E-state index < -0.39 is 11.9 Å². The summed E-state index contributed by atoms with van der Waals surface area (Å²) >= 11 is 0. The fourth-order valence-corrected chi connectivity index (χ4v) is 6.06. The van der Waals surface area contributed by atoms with Gasteiger partial charge in [-0.25, -0.2) is 9.18 Å². The van der Waals surface area contributed by atoms with Gasteiger partial charge in [-0.3, -0.25) is 19.4 Å². The van der Waals surface area contributed by atoms with E-state index in [1.807, 2.05) is 36.1 Å². The van der Waals surface area contributed by atoms with Gasteiger partial charge in [-0.1, -0.05) is 49.6 Å². The van der Waals surface area contributed by atoms with Gasteiger partial charge in [-0.15, -0.1) is 0 Å². The van der Waals surface area contributed by atoms with Gasteiger partial charge in [-0.05, 0) is 49.1 Å². The molecule has 9 nitrogen and oxygen atoms in total. The molecule has 2 aromatic carbocycles. The molecule has 226 valence electrons. The molecule has 5 rings (SSSR count). The first-order chi connectivity index (χ1) is 20.4. The summed E-state index contributed by atoms with van der Waals surface area (Å²) in [7, 11) is 0. The van der Waals surface area contributed by atoms with Gasteiger partial charge in [0.05, 0.1) is 19.8 Å². The summed E-state index contributed by atoms with van der Waals surface area (Å²) in [5.41, 5.74) is 1.90. The maximum absolute atomic E-state index is 14.5. The summed E-state index contributed by atoms with van der Waals surface area (Å²) in [5.74, 6) is -1.06. The number of amides is 3. The summed E-state index contributed by atoms with van der Waals surface area (Å²) in [6, 6.07) is 12.5. The first-order valence-corrected chi connectivity index (χ1v) is 15.1. The lowest BCUT2D eigenvalue weighted by Crippen LogP contribution is -2.54. The maximum Gasteiger partial charge on any atom is 0.410 e. The fourth-order valence-electron chi connectivity index (χ4n) is 6.06.